The summed E-state index contributed by atoms with van der Waals surface area (Å²) >= 11 is 0.142. The van der Waals surface area contributed by atoms with Crippen molar-refractivity contribution in [2.75, 3.05) is 0 Å². The summed E-state index contributed by atoms with van der Waals surface area (Å²) in [6.45, 7) is 0. The van der Waals surface area contributed by atoms with Gasteiger partial charge >= 0.3 is 157 Å². The van der Waals surface area contributed by atoms with Crippen molar-refractivity contribution < 1.29 is 4.92 Å². The third kappa shape index (κ3) is 3.25. The Balaban J connectivity index is 1.91. The molecule has 0 amide bonds. The van der Waals surface area contributed by atoms with Crippen LogP contribution in [0.5, 0.6) is 0 Å². The van der Waals surface area contributed by atoms with Crippen LogP contribution in [-0.4, -0.2) is 19.4 Å². The monoisotopic (exact) mass is 405 g/mol. The minimum absolute atomic E-state index is 0.122. The van der Waals surface area contributed by atoms with E-state index in [2.05, 4.69) is 30.3 Å². The van der Waals surface area contributed by atoms with Crippen molar-refractivity contribution in [3.05, 3.63) is 101 Å². The van der Waals surface area contributed by atoms with E-state index in [0.29, 0.717) is 0 Å². The van der Waals surface area contributed by atoms with Crippen molar-refractivity contribution in [2.24, 2.45) is 0 Å². The van der Waals surface area contributed by atoms with Crippen LogP contribution in [0.25, 0.3) is 31.1 Å². The summed E-state index contributed by atoms with van der Waals surface area (Å²) in [6, 6.07) is 29.7. The van der Waals surface area contributed by atoms with E-state index in [1.165, 1.54) is 26.1 Å². The maximum atomic E-state index is 11.2. The Morgan fingerprint density at radius 3 is 1.96 bits per heavy atom. The van der Waals surface area contributed by atoms with Crippen molar-refractivity contribution in [3.63, 3.8) is 0 Å². The van der Waals surface area contributed by atoms with Crippen LogP contribution in [0.2, 0.25) is 0 Å². The van der Waals surface area contributed by atoms with Crippen molar-refractivity contribution in [1.82, 2.24) is 0 Å². The van der Waals surface area contributed by atoms with Crippen molar-refractivity contribution >= 4 is 20.2 Å². The van der Waals surface area contributed by atoms with Crippen molar-refractivity contribution in [1.29, 1.82) is 0 Å². The Labute approximate surface area is 157 Å². The van der Waals surface area contributed by atoms with Crippen LogP contribution in [0, 0.1) is 10.1 Å². The summed E-state index contributed by atoms with van der Waals surface area (Å²) in [4.78, 5) is 10.8. The molecule has 0 fully saturated rings. The van der Waals surface area contributed by atoms with Gasteiger partial charge in [-0.2, -0.15) is 0 Å². The van der Waals surface area contributed by atoms with Gasteiger partial charge in [0.25, 0.3) is 0 Å². The van der Waals surface area contributed by atoms with Gasteiger partial charge in [-0.25, -0.2) is 0 Å². The van der Waals surface area contributed by atoms with E-state index in [4.69, 9.17) is 0 Å². The molecule has 0 atom stereocenters. The zero-order valence-electron chi connectivity index (χ0n) is 13.8. The standard InChI is InChI=1S/C22H15NO2Se/c24-23(25)19-13-7-12-18(14-19)20-15-21(16-8-3-1-4-9-16)26-22(20)17-10-5-2-6-11-17/h1-15H. The first-order valence-corrected chi connectivity index (χ1v) is 9.93. The molecule has 0 saturated heterocycles. The number of benzene rings is 3. The quantitative estimate of drug-likeness (QED) is 0.251. The minimum atomic E-state index is -0.339. The number of nitrogens with zero attached hydrogens (tertiary/aromatic N) is 1. The molecule has 0 unspecified atom stereocenters. The van der Waals surface area contributed by atoms with E-state index in [1.54, 1.807) is 12.1 Å². The van der Waals surface area contributed by atoms with E-state index in [9.17, 15) is 10.1 Å². The SMILES string of the molecule is O=[N+]([O-])c1cccc(-c2cc(-c3ccccc3)[se]c2-c2ccccc2)c1. The number of nitro benzene ring substituents is 1. The molecule has 26 heavy (non-hydrogen) atoms. The van der Waals surface area contributed by atoms with Gasteiger partial charge in [-0.15, -0.1) is 0 Å². The molecule has 0 radical (unpaired) electrons. The van der Waals surface area contributed by atoms with Crippen LogP contribution in [-0.2, 0) is 0 Å². The topological polar surface area (TPSA) is 43.1 Å². The predicted octanol–water partition coefficient (Wildman–Crippen LogP) is 5.65. The Morgan fingerprint density at radius 2 is 1.31 bits per heavy atom. The average Bonchev–Trinajstić information content (AvgIpc) is 3.15. The molecule has 0 N–H and O–H groups in total. The summed E-state index contributed by atoms with van der Waals surface area (Å²) in [5.41, 5.74) is 4.48. The maximum absolute atomic E-state index is 11.2. The molecule has 1 heterocycles. The van der Waals surface area contributed by atoms with Gasteiger partial charge in [0.1, 0.15) is 0 Å². The summed E-state index contributed by atoms with van der Waals surface area (Å²) in [5.74, 6) is 0. The van der Waals surface area contributed by atoms with E-state index >= 15 is 0 Å². The summed E-state index contributed by atoms with van der Waals surface area (Å²) in [6.07, 6.45) is 0. The van der Waals surface area contributed by atoms with Gasteiger partial charge in [0.15, 0.2) is 0 Å². The Kier molecular flexibility index (Phi) is 4.53. The zero-order valence-corrected chi connectivity index (χ0v) is 15.5. The molecule has 0 spiro atoms. The van der Waals surface area contributed by atoms with E-state index in [1.807, 2.05) is 42.5 Å². The van der Waals surface area contributed by atoms with Gasteiger partial charge in [-0.1, -0.05) is 0 Å². The fraction of sp³-hybridized carbons (Fsp3) is 0. The van der Waals surface area contributed by atoms with Gasteiger partial charge in [0.05, 0.1) is 0 Å². The summed E-state index contributed by atoms with van der Waals surface area (Å²) in [7, 11) is 0. The predicted molar refractivity (Wildman–Crippen MR) is 106 cm³/mol. The first-order valence-electron chi connectivity index (χ1n) is 8.22. The molecule has 3 nitrogen and oxygen atoms in total. The second-order valence-electron chi connectivity index (χ2n) is 5.89. The molecular weight excluding hydrogens is 389 g/mol. The molecule has 0 bridgehead atoms. The first kappa shape index (κ1) is 16.5. The Bertz CT molecular complexity index is 1060. The van der Waals surface area contributed by atoms with Crippen LogP contribution in [0.3, 0.4) is 0 Å². The molecular formula is C22H15NO2Se. The van der Waals surface area contributed by atoms with Gasteiger partial charge < -0.3 is 0 Å². The normalized spacial score (nSPS) is 10.6. The molecule has 4 rings (SSSR count). The van der Waals surface area contributed by atoms with Gasteiger partial charge in [-0.3, -0.25) is 0 Å². The molecule has 4 heteroatoms. The van der Waals surface area contributed by atoms with Crippen LogP contribution < -0.4 is 0 Å². The number of non-ortho nitro benzene ring substituents is 1. The molecule has 0 aliphatic carbocycles. The molecule has 126 valence electrons. The molecule has 1 aromatic heterocycles. The third-order valence-electron chi connectivity index (χ3n) is 4.19. The number of hydrogen-bond acceptors (Lipinski definition) is 2. The molecule has 0 aliphatic rings. The zero-order chi connectivity index (χ0) is 17.9. The fourth-order valence-electron chi connectivity index (χ4n) is 2.94. The van der Waals surface area contributed by atoms with Gasteiger partial charge in [-0.05, 0) is 0 Å². The molecule has 0 saturated carbocycles. The number of hydrogen-bond donors (Lipinski definition) is 0. The van der Waals surface area contributed by atoms with Crippen LogP contribution in [0.1, 0.15) is 0 Å². The second kappa shape index (κ2) is 7.12. The van der Waals surface area contributed by atoms with E-state index in [0.717, 1.165) is 11.1 Å². The van der Waals surface area contributed by atoms with Gasteiger partial charge in [0, 0.05) is 0 Å². The molecule has 0 aliphatic heterocycles. The third-order valence-corrected chi connectivity index (χ3v) is 6.78. The van der Waals surface area contributed by atoms with Crippen molar-refractivity contribution in [3.8, 4) is 31.1 Å². The molecule has 4 aromatic rings. The summed E-state index contributed by atoms with van der Waals surface area (Å²) in [5, 5.41) is 11.2. The number of nitro groups is 1. The fourth-order valence-corrected chi connectivity index (χ4v) is 5.44. The van der Waals surface area contributed by atoms with E-state index in [-0.39, 0.29) is 25.1 Å². The van der Waals surface area contributed by atoms with Gasteiger partial charge in [0.2, 0.25) is 0 Å². The first-order chi connectivity index (χ1) is 12.7. The Hall–Kier alpha value is -2.94. The Morgan fingerprint density at radius 1 is 0.692 bits per heavy atom. The number of rotatable bonds is 4. The van der Waals surface area contributed by atoms with Crippen LogP contribution in [0.15, 0.2) is 91.0 Å². The van der Waals surface area contributed by atoms with E-state index < -0.39 is 0 Å². The summed E-state index contributed by atoms with van der Waals surface area (Å²) < 4.78 is 2.55. The van der Waals surface area contributed by atoms with Crippen LogP contribution >= 0.6 is 0 Å². The second-order valence-corrected chi connectivity index (χ2v) is 8.10. The molecule has 3 aromatic carbocycles. The van der Waals surface area contributed by atoms with Crippen LogP contribution in [0.4, 0.5) is 5.69 Å². The van der Waals surface area contributed by atoms with Crippen molar-refractivity contribution in [2.45, 2.75) is 0 Å². The average molecular weight is 404 g/mol.